The molecule has 3 N–H and O–H groups in total. The Hall–Kier alpha value is -1.55. The lowest BCUT2D eigenvalue weighted by molar-refractivity contribution is 0.0953. The second-order valence-electron chi connectivity index (χ2n) is 5.01. The van der Waals surface area contributed by atoms with Crippen molar-refractivity contribution in [2.45, 2.75) is 32.2 Å². The highest BCUT2D eigenvalue weighted by Gasteiger charge is 2.13. The molecular weight excluding hydrogens is 238 g/mol. The molecule has 0 unspecified atom stereocenters. The van der Waals surface area contributed by atoms with E-state index in [4.69, 9.17) is 0 Å². The second kappa shape index (κ2) is 7.14. The summed E-state index contributed by atoms with van der Waals surface area (Å²) in [6.07, 6.45) is 3.22. The van der Waals surface area contributed by atoms with E-state index in [0.29, 0.717) is 6.04 Å². The maximum atomic E-state index is 11.9. The molecule has 1 aliphatic rings. The van der Waals surface area contributed by atoms with Crippen molar-refractivity contribution in [3.05, 3.63) is 29.8 Å². The number of anilines is 1. The van der Waals surface area contributed by atoms with Crippen LogP contribution in [0.5, 0.6) is 0 Å². The molecule has 4 heteroatoms. The molecule has 1 aromatic carbocycles. The van der Waals surface area contributed by atoms with Crippen molar-refractivity contribution >= 4 is 11.6 Å². The summed E-state index contributed by atoms with van der Waals surface area (Å²) < 4.78 is 0. The minimum absolute atomic E-state index is 0.0100. The van der Waals surface area contributed by atoms with Crippen LogP contribution in [0.15, 0.2) is 24.3 Å². The molecule has 0 radical (unpaired) electrons. The van der Waals surface area contributed by atoms with E-state index in [9.17, 15) is 4.79 Å². The van der Waals surface area contributed by atoms with Crippen molar-refractivity contribution in [2.24, 2.45) is 0 Å². The van der Waals surface area contributed by atoms with E-state index in [2.05, 4.69) is 22.9 Å². The van der Waals surface area contributed by atoms with E-state index in [1.54, 1.807) is 0 Å². The zero-order valence-electron chi connectivity index (χ0n) is 11.5. The van der Waals surface area contributed by atoms with Crippen LogP contribution in [0.4, 0.5) is 5.69 Å². The van der Waals surface area contributed by atoms with Crippen LogP contribution in [0, 0.1) is 0 Å². The number of amides is 1. The molecular formula is C15H23N3O. The molecule has 2 rings (SSSR count). The fourth-order valence-electron chi connectivity index (χ4n) is 2.29. The summed E-state index contributed by atoms with van der Waals surface area (Å²) in [6.45, 7) is 4.91. The normalized spacial score (nSPS) is 16.1. The predicted octanol–water partition coefficient (Wildman–Crippen LogP) is 1.99. The molecule has 0 aliphatic carbocycles. The number of carbonyl (C=O) groups excluding carboxylic acids is 1. The molecule has 0 aromatic heterocycles. The van der Waals surface area contributed by atoms with Gasteiger partial charge in [0.05, 0.1) is 0 Å². The van der Waals surface area contributed by atoms with Crippen LogP contribution in [0.2, 0.25) is 0 Å². The smallest absolute Gasteiger partial charge is 0.251 e. The van der Waals surface area contributed by atoms with Gasteiger partial charge in [0, 0.05) is 23.8 Å². The predicted molar refractivity (Wildman–Crippen MR) is 78.6 cm³/mol. The Morgan fingerprint density at radius 3 is 2.89 bits per heavy atom. The summed E-state index contributed by atoms with van der Waals surface area (Å²) in [5, 5.41) is 9.76. The average molecular weight is 261 g/mol. The van der Waals surface area contributed by atoms with Gasteiger partial charge in [0.15, 0.2) is 0 Å². The van der Waals surface area contributed by atoms with Crippen LogP contribution in [0.3, 0.4) is 0 Å². The molecule has 1 aromatic rings. The number of benzene rings is 1. The van der Waals surface area contributed by atoms with Gasteiger partial charge in [0.1, 0.15) is 0 Å². The van der Waals surface area contributed by atoms with E-state index in [1.165, 1.54) is 0 Å². The van der Waals surface area contributed by atoms with Gasteiger partial charge in [-0.25, -0.2) is 0 Å². The highest BCUT2D eigenvalue weighted by molar-refractivity contribution is 5.95. The highest BCUT2D eigenvalue weighted by Crippen LogP contribution is 2.15. The van der Waals surface area contributed by atoms with Crippen LogP contribution in [-0.4, -0.2) is 31.6 Å². The Labute approximate surface area is 115 Å². The second-order valence-corrected chi connectivity index (χ2v) is 5.01. The fourth-order valence-corrected chi connectivity index (χ4v) is 2.29. The maximum absolute atomic E-state index is 11.9. The van der Waals surface area contributed by atoms with Crippen molar-refractivity contribution in [3.63, 3.8) is 0 Å². The summed E-state index contributed by atoms with van der Waals surface area (Å²) in [5.74, 6) is 0.0100. The SMILES string of the molecule is CCCNC(=O)c1cccc(NC2CCNCC2)c1. The Bertz CT molecular complexity index is 414. The van der Waals surface area contributed by atoms with Gasteiger partial charge in [-0.05, 0) is 50.6 Å². The summed E-state index contributed by atoms with van der Waals surface area (Å²) in [6, 6.07) is 8.27. The molecule has 1 heterocycles. The molecule has 1 aliphatic heterocycles. The van der Waals surface area contributed by atoms with E-state index < -0.39 is 0 Å². The molecule has 0 bridgehead atoms. The Balaban J connectivity index is 1.95. The first kappa shape index (κ1) is 13.9. The van der Waals surface area contributed by atoms with Crippen LogP contribution in [0.1, 0.15) is 36.5 Å². The third-order valence-corrected chi connectivity index (χ3v) is 3.37. The summed E-state index contributed by atoms with van der Waals surface area (Å²) in [4.78, 5) is 11.9. The van der Waals surface area contributed by atoms with Crippen LogP contribution >= 0.6 is 0 Å². The number of piperidine rings is 1. The van der Waals surface area contributed by atoms with E-state index in [-0.39, 0.29) is 5.91 Å². The quantitative estimate of drug-likeness (QED) is 0.760. The zero-order chi connectivity index (χ0) is 13.5. The van der Waals surface area contributed by atoms with Crippen LogP contribution < -0.4 is 16.0 Å². The molecule has 19 heavy (non-hydrogen) atoms. The van der Waals surface area contributed by atoms with Gasteiger partial charge in [-0.15, -0.1) is 0 Å². The van der Waals surface area contributed by atoms with Gasteiger partial charge in [-0.2, -0.15) is 0 Å². The molecule has 1 saturated heterocycles. The lowest BCUT2D eigenvalue weighted by Gasteiger charge is -2.24. The Kier molecular flexibility index (Phi) is 5.21. The molecule has 104 valence electrons. The largest absolute Gasteiger partial charge is 0.382 e. The third-order valence-electron chi connectivity index (χ3n) is 3.37. The lowest BCUT2D eigenvalue weighted by atomic mass is 10.1. The van der Waals surface area contributed by atoms with Crippen molar-refractivity contribution in [1.82, 2.24) is 10.6 Å². The van der Waals surface area contributed by atoms with Crippen molar-refractivity contribution in [3.8, 4) is 0 Å². The first-order valence-corrected chi connectivity index (χ1v) is 7.15. The topological polar surface area (TPSA) is 53.2 Å². The van der Waals surface area contributed by atoms with E-state index >= 15 is 0 Å². The minimum Gasteiger partial charge on any atom is -0.382 e. The standard InChI is InChI=1S/C15H23N3O/c1-2-8-17-15(19)12-4-3-5-14(11-12)18-13-6-9-16-10-7-13/h3-5,11,13,16,18H,2,6-10H2,1H3,(H,17,19). The Morgan fingerprint density at radius 2 is 2.16 bits per heavy atom. The first-order chi connectivity index (χ1) is 9.29. The number of rotatable bonds is 5. The van der Waals surface area contributed by atoms with Gasteiger partial charge >= 0.3 is 0 Å². The minimum atomic E-state index is 0.0100. The number of nitrogens with one attached hydrogen (secondary N) is 3. The first-order valence-electron chi connectivity index (χ1n) is 7.15. The zero-order valence-corrected chi connectivity index (χ0v) is 11.5. The molecule has 1 fully saturated rings. The average Bonchev–Trinajstić information content (AvgIpc) is 2.46. The van der Waals surface area contributed by atoms with Gasteiger partial charge in [-0.3, -0.25) is 4.79 Å². The van der Waals surface area contributed by atoms with Crippen LogP contribution in [0.25, 0.3) is 0 Å². The molecule has 0 atom stereocenters. The maximum Gasteiger partial charge on any atom is 0.251 e. The summed E-state index contributed by atoms with van der Waals surface area (Å²) >= 11 is 0. The summed E-state index contributed by atoms with van der Waals surface area (Å²) in [7, 11) is 0. The molecule has 1 amide bonds. The van der Waals surface area contributed by atoms with E-state index in [0.717, 1.165) is 50.1 Å². The van der Waals surface area contributed by atoms with Gasteiger partial charge in [0.25, 0.3) is 5.91 Å². The van der Waals surface area contributed by atoms with Gasteiger partial charge in [-0.1, -0.05) is 13.0 Å². The van der Waals surface area contributed by atoms with Gasteiger partial charge in [0.2, 0.25) is 0 Å². The molecule has 4 nitrogen and oxygen atoms in total. The highest BCUT2D eigenvalue weighted by atomic mass is 16.1. The molecule has 0 saturated carbocycles. The van der Waals surface area contributed by atoms with Gasteiger partial charge < -0.3 is 16.0 Å². The number of hydrogen-bond acceptors (Lipinski definition) is 3. The van der Waals surface area contributed by atoms with Crippen molar-refractivity contribution in [1.29, 1.82) is 0 Å². The lowest BCUT2D eigenvalue weighted by Crippen LogP contribution is -2.35. The van der Waals surface area contributed by atoms with Crippen molar-refractivity contribution < 1.29 is 4.79 Å². The number of hydrogen-bond donors (Lipinski definition) is 3. The monoisotopic (exact) mass is 261 g/mol. The fraction of sp³-hybridized carbons (Fsp3) is 0.533. The number of carbonyl (C=O) groups is 1. The van der Waals surface area contributed by atoms with E-state index in [1.807, 2.05) is 24.3 Å². The summed E-state index contributed by atoms with van der Waals surface area (Å²) in [5.41, 5.74) is 1.77. The van der Waals surface area contributed by atoms with Crippen molar-refractivity contribution in [2.75, 3.05) is 25.0 Å². The Morgan fingerprint density at radius 1 is 1.37 bits per heavy atom. The van der Waals surface area contributed by atoms with Crippen LogP contribution in [-0.2, 0) is 0 Å². The molecule has 0 spiro atoms. The third kappa shape index (κ3) is 4.24.